The molecule has 1 aromatic heterocycles. The number of benzene rings is 1. The lowest BCUT2D eigenvalue weighted by Gasteiger charge is -2.27. The van der Waals surface area contributed by atoms with Crippen LogP contribution in [0.1, 0.15) is 17.3 Å². The van der Waals surface area contributed by atoms with Gasteiger partial charge in [-0.2, -0.15) is 13.2 Å². The normalized spacial score (nSPS) is 12.3. The molecule has 26 heavy (non-hydrogen) atoms. The van der Waals surface area contributed by atoms with E-state index in [0.29, 0.717) is 6.54 Å². The molecule has 0 spiro atoms. The molecular formula is C18H20F3N3O2. The Morgan fingerprint density at radius 2 is 1.92 bits per heavy atom. The predicted octanol–water partition coefficient (Wildman–Crippen LogP) is 3.28. The molecule has 2 rings (SSSR count). The van der Waals surface area contributed by atoms with E-state index >= 15 is 0 Å². The summed E-state index contributed by atoms with van der Waals surface area (Å²) in [5, 5.41) is 2.78. The van der Waals surface area contributed by atoms with E-state index in [4.69, 9.17) is 0 Å². The molecule has 0 aliphatic carbocycles. The van der Waals surface area contributed by atoms with Gasteiger partial charge in [0.1, 0.15) is 0 Å². The van der Waals surface area contributed by atoms with Gasteiger partial charge in [0.2, 0.25) is 5.88 Å². The van der Waals surface area contributed by atoms with Crippen LogP contribution in [-0.2, 0) is 0 Å². The standard InChI is InChI=1S/C18H20F3N3O2/c1-13(24(2)15-6-4-3-5-7-15)10-23-17(25)14-8-9-16(22-11-14)26-12-18(19,20)21/h3-9,11,13H,10,12H2,1-2H3,(H,23,25). The van der Waals surface area contributed by atoms with Gasteiger partial charge >= 0.3 is 6.18 Å². The molecule has 0 fully saturated rings. The maximum atomic E-state index is 12.1. The maximum absolute atomic E-state index is 12.1. The van der Waals surface area contributed by atoms with Crippen LogP contribution in [0.3, 0.4) is 0 Å². The summed E-state index contributed by atoms with van der Waals surface area (Å²) in [5.74, 6) is -0.538. The molecule has 0 aliphatic heterocycles. The zero-order valence-electron chi connectivity index (χ0n) is 14.5. The first-order valence-corrected chi connectivity index (χ1v) is 7.98. The zero-order valence-corrected chi connectivity index (χ0v) is 14.5. The highest BCUT2D eigenvalue weighted by Crippen LogP contribution is 2.17. The van der Waals surface area contributed by atoms with E-state index in [1.54, 1.807) is 0 Å². The molecule has 0 radical (unpaired) electrons. The summed E-state index contributed by atoms with van der Waals surface area (Å²) >= 11 is 0. The second kappa shape index (κ2) is 8.55. The molecule has 1 unspecified atom stereocenters. The van der Waals surface area contributed by atoms with Crippen molar-refractivity contribution in [1.29, 1.82) is 0 Å². The maximum Gasteiger partial charge on any atom is 0.422 e. The molecule has 0 aliphatic rings. The van der Waals surface area contributed by atoms with E-state index in [1.165, 1.54) is 18.3 Å². The van der Waals surface area contributed by atoms with E-state index < -0.39 is 12.8 Å². The SMILES string of the molecule is CC(CNC(=O)c1ccc(OCC(F)(F)F)nc1)N(C)c1ccccc1. The number of carbonyl (C=O) groups excluding carboxylic acids is 1. The third-order valence-electron chi connectivity index (χ3n) is 3.76. The Morgan fingerprint density at radius 3 is 2.50 bits per heavy atom. The van der Waals surface area contributed by atoms with Crippen LogP contribution in [0, 0.1) is 0 Å². The molecule has 1 heterocycles. The smallest absolute Gasteiger partial charge is 0.422 e. The lowest BCUT2D eigenvalue weighted by atomic mass is 10.2. The number of hydrogen-bond acceptors (Lipinski definition) is 4. The molecule has 8 heteroatoms. The first-order chi connectivity index (χ1) is 12.3. The summed E-state index contributed by atoms with van der Waals surface area (Å²) in [4.78, 5) is 17.9. The van der Waals surface area contributed by atoms with Crippen molar-refractivity contribution in [3.63, 3.8) is 0 Å². The van der Waals surface area contributed by atoms with Crippen molar-refractivity contribution >= 4 is 11.6 Å². The summed E-state index contributed by atoms with van der Waals surface area (Å²) < 4.78 is 40.8. The van der Waals surface area contributed by atoms with Gasteiger partial charge in [-0.05, 0) is 25.1 Å². The summed E-state index contributed by atoms with van der Waals surface area (Å²) in [5.41, 5.74) is 1.28. The molecule has 1 amide bonds. The largest absolute Gasteiger partial charge is 0.468 e. The van der Waals surface area contributed by atoms with Crippen molar-refractivity contribution < 1.29 is 22.7 Å². The minimum Gasteiger partial charge on any atom is -0.468 e. The predicted molar refractivity (Wildman–Crippen MR) is 92.4 cm³/mol. The number of ether oxygens (including phenoxy) is 1. The van der Waals surface area contributed by atoms with Gasteiger partial charge in [0.25, 0.3) is 5.91 Å². The second-order valence-electron chi connectivity index (χ2n) is 5.79. The Labute approximate surface area is 149 Å². The van der Waals surface area contributed by atoms with Crippen molar-refractivity contribution in [2.45, 2.75) is 19.1 Å². The Hall–Kier alpha value is -2.77. The number of aromatic nitrogens is 1. The highest BCUT2D eigenvalue weighted by Gasteiger charge is 2.28. The van der Waals surface area contributed by atoms with Gasteiger partial charge in [-0.1, -0.05) is 18.2 Å². The van der Waals surface area contributed by atoms with Crippen LogP contribution >= 0.6 is 0 Å². The molecule has 1 N–H and O–H groups in total. The molecule has 1 aromatic carbocycles. The molecule has 0 saturated heterocycles. The molecule has 0 saturated carbocycles. The number of rotatable bonds is 7. The summed E-state index contributed by atoms with van der Waals surface area (Å²) in [7, 11) is 1.93. The Kier molecular flexibility index (Phi) is 6.43. The van der Waals surface area contributed by atoms with Crippen LogP contribution in [0.4, 0.5) is 18.9 Å². The molecule has 140 valence electrons. The first kappa shape index (κ1) is 19.6. The second-order valence-corrected chi connectivity index (χ2v) is 5.79. The van der Waals surface area contributed by atoms with Crippen LogP contribution in [0.25, 0.3) is 0 Å². The lowest BCUT2D eigenvalue weighted by Crippen LogP contribution is -2.40. The molecule has 2 aromatic rings. The van der Waals surface area contributed by atoms with Crippen LogP contribution in [0.2, 0.25) is 0 Å². The lowest BCUT2D eigenvalue weighted by molar-refractivity contribution is -0.154. The number of pyridine rings is 1. The van der Waals surface area contributed by atoms with Gasteiger partial charge in [-0.25, -0.2) is 4.98 Å². The molecule has 5 nitrogen and oxygen atoms in total. The van der Waals surface area contributed by atoms with Crippen LogP contribution < -0.4 is 15.0 Å². The number of likely N-dealkylation sites (N-methyl/N-ethyl adjacent to an activating group) is 1. The van der Waals surface area contributed by atoms with Crippen molar-refractivity contribution in [2.24, 2.45) is 0 Å². The summed E-state index contributed by atoms with van der Waals surface area (Å²) in [6.45, 7) is 0.949. The number of carbonyl (C=O) groups is 1. The average molecular weight is 367 g/mol. The number of nitrogens with zero attached hydrogens (tertiary/aromatic N) is 2. The first-order valence-electron chi connectivity index (χ1n) is 7.98. The third-order valence-corrected chi connectivity index (χ3v) is 3.76. The number of hydrogen-bond donors (Lipinski definition) is 1. The Morgan fingerprint density at radius 1 is 1.23 bits per heavy atom. The fourth-order valence-corrected chi connectivity index (χ4v) is 2.15. The molecule has 1 atom stereocenters. The number of amides is 1. The minimum absolute atomic E-state index is 0.0451. The molecular weight excluding hydrogens is 347 g/mol. The van der Waals surface area contributed by atoms with Crippen molar-refractivity contribution in [2.75, 3.05) is 25.1 Å². The Bertz CT molecular complexity index is 706. The van der Waals surface area contributed by atoms with E-state index in [-0.39, 0.29) is 23.4 Å². The highest BCUT2D eigenvalue weighted by molar-refractivity contribution is 5.93. The summed E-state index contributed by atoms with van der Waals surface area (Å²) in [6.07, 6.45) is -3.24. The number of anilines is 1. The van der Waals surface area contributed by atoms with Crippen molar-refractivity contribution in [3.8, 4) is 5.88 Å². The van der Waals surface area contributed by atoms with Gasteiger partial charge < -0.3 is 15.0 Å². The van der Waals surface area contributed by atoms with E-state index in [1.807, 2.05) is 49.2 Å². The fraction of sp³-hybridized carbons (Fsp3) is 0.333. The molecule has 0 bridgehead atoms. The minimum atomic E-state index is -4.43. The number of alkyl halides is 3. The van der Waals surface area contributed by atoms with E-state index in [2.05, 4.69) is 15.0 Å². The monoisotopic (exact) mass is 367 g/mol. The third kappa shape index (κ3) is 5.94. The van der Waals surface area contributed by atoms with E-state index in [9.17, 15) is 18.0 Å². The highest BCUT2D eigenvalue weighted by atomic mass is 19.4. The van der Waals surface area contributed by atoms with Crippen LogP contribution in [-0.4, -0.2) is 43.3 Å². The zero-order chi connectivity index (χ0) is 19.2. The van der Waals surface area contributed by atoms with Crippen LogP contribution in [0.15, 0.2) is 48.7 Å². The Balaban J connectivity index is 1.85. The van der Waals surface area contributed by atoms with Crippen molar-refractivity contribution in [1.82, 2.24) is 10.3 Å². The fourth-order valence-electron chi connectivity index (χ4n) is 2.15. The summed E-state index contributed by atoms with van der Waals surface area (Å²) in [6, 6.07) is 12.4. The van der Waals surface area contributed by atoms with Gasteiger partial charge in [-0.15, -0.1) is 0 Å². The van der Waals surface area contributed by atoms with E-state index in [0.717, 1.165) is 5.69 Å². The van der Waals surface area contributed by atoms with Gasteiger partial charge in [0.05, 0.1) is 5.56 Å². The van der Waals surface area contributed by atoms with Gasteiger partial charge in [-0.3, -0.25) is 4.79 Å². The topological polar surface area (TPSA) is 54.5 Å². The van der Waals surface area contributed by atoms with Gasteiger partial charge in [0.15, 0.2) is 6.61 Å². The quantitative estimate of drug-likeness (QED) is 0.816. The number of halogens is 3. The van der Waals surface area contributed by atoms with Gasteiger partial charge in [0, 0.05) is 37.6 Å². The van der Waals surface area contributed by atoms with Crippen LogP contribution in [0.5, 0.6) is 5.88 Å². The number of para-hydroxylation sites is 1. The van der Waals surface area contributed by atoms with Crippen molar-refractivity contribution in [3.05, 3.63) is 54.2 Å². The average Bonchev–Trinajstić information content (AvgIpc) is 2.64. The number of nitrogens with one attached hydrogen (secondary N) is 1.